The zero-order valence-corrected chi connectivity index (χ0v) is 13.2. The second-order valence-electron chi connectivity index (χ2n) is 5.18. The summed E-state index contributed by atoms with van der Waals surface area (Å²) in [6.07, 6.45) is 0. The topological polar surface area (TPSA) is 48.7 Å². The van der Waals surface area contributed by atoms with Crippen LogP contribution in [0.4, 0.5) is 0 Å². The van der Waals surface area contributed by atoms with Crippen molar-refractivity contribution in [3.63, 3.8) is 0 Å². The normalized spacial score (nSPS) is 10.7. The molecular formula is C19H18O4. The largest absolute Gasteiger partial charge is 0.488 e. The molecule has 0 spiro atoms. The summed E-state index contributed by atoms with van der Waals surface area (Å²) in [7, 11) is 0. The first kappa shape index (κ1) is 15.2. The second kappa shape index (κ2) is 6.57. The van der Waals surface area contributed by atoms with E-state index >= 15 is 0 Å². The standard InChI is InChI=1S/C19H18O4/c1-3-21-19(20)18-13(2)17-15(10-7-11-16(17)23-18)22-12-14-8-5-4-6-9-14/h4-11H,3,12H2,1-2H3. The third-order valence-corrected chi connectivity index (χ3v) is 3.61. The van der Waals surface area contributed by atoms with Gasteiger partial charge in [-0.1, -0.05) is 36.4 Å². The highest BCUT2D eigenvalue weighted by molar-refractivity contribution is 5.98. The molecule has 0 aliphatic rings. The summed E-state index contributed by atoms with van der Waals surface area (Å²) in [6, 6.07) is 15.5. The molecule has 0 aliphatic carbocycles. The van der Waals surface area contributed by atoms with Crippen molar-refractivity contribution in [2.24, 2.45) is 0 Å². The highest BCUT2D eigenvalue weighted by Gasteiger charge is 2.21. The molecule has 0 atom stereocenters. The lowest BCUT2D eigenvalue weighted by Crippen LogP contribution is -2.04. The molecule has 1 heterocycles. The van der Waals surface area contributed by atoms with E-state index in [2.05, 4.69) is 0 Å². The SMILES string of the molecule is CCOC(=O)c1oc2cccc(OCc3ccccc3)c2c1C. The van der Waals surface area contributed by atoms with Gasteiger partial charge in [0, 0.05) is 5.56 Å². The maximum absolute atomic E-state index is 12.0. The van der Waals surface area contributed by atoms with Gasteiger partial charge in [-0.25, -0.2) is 4.79 Å². The molecule has 0 radical (unpaired) electrons. The Morgan fingerprint density at radius 1 is 1.09 bits per heavy atom. The van der Waals surface area contributed by atoms with Crippen LogP contribution in [0.2, 0.25) is 0 Å². The van der Waals surface area contributed by atoms with Gasteiger partial charge in [0.2, 0.25) is 5.76 Å². The fourth-order valence-corrected chi connectivity index (χ4v) is 2.51. The summed E-state index contributed by atoms with van der Waals surface area (Å²) in [6.45, 7) is 4.38. The van der Waals surface area contributed by atoms with Gasteiger partial charge in [0.05, 0.1) is 12.0 Å². The minimum atomic E-state index is -0.449. The van der Waals surface area contributed by atoms with E-state index < -0.39 is 5.97 Å². The maximum atomic E-state index is 12.0. The van der Waals surface area contributed by atoms with E-state index in [4.69, 9.17) is 13.9 Å². The smallest absolute Gasteiger partial charge is 0.374 e. The van der Waals surface area contributed by atoms with E-state index in [0.717, 1.165) is 16.5 Å². The lowest BCUT2D eigenvalue weighted by Gasteiger charge is -2.07. The van der Waals surface area contributed by atoms with Gasteiger partial charge in [-0.05, 0) is 31.5 Å². The molecule has 118 valence electrons. The third kappa shape index (κ3) is 3.06. The van der Waals surface area contributed by atoms with Crippen LogP contribution in [0.3, 0.4) is 0 Å². The zero-order chi connectivity index (χ0) is 16.2. The third-order valence-electron chi connectivity index (χ3n) is 3.61. The number of benzene rings is 2. The first-order valence-corrected chi connectivity index (χ1v) is 7.56. The molecule has 0 bridgehead atoms. The number of hydrogen-bond donors (Lipinski definition) is 0. The highest BCUT2D eigenvalue weighted by atomic mass is 16.5. The van der Waals surface area contributed by atoms with Crippen LogP contribution in [0.1, 0.15) is 28.6 Å². The van der Waals surface area contributed by atoms with Gasteiger partial charge in [-0.2, -0.15) is 0 Å². The van der Waals surface area contributed by atoms with E-state index in [-0.39, 0.29) is 5.76 Å². The number of fused-ring (bicyclic) bond motifs is 1. The fraction of sp³-hybridized carbons (Fsp3) is 0.211. The van der Waals surface area contributed by atoms with E-state index in [9.17, 15) is 4.79 Å². The van der Waals surface area contributed by atoms with E-state index in [1.165, 1.54) is 0 Å². The number of carbonyl (C=O) groups is 1. The predicted octanol–water partition coefficient (Wildman–Crippen LogP) is 4.50. The Balaban J connectivity index is 1.93. The maximum Gasteiger partial charge on any atom is 0.374 e. The molecule has 0 unspecified atom stereocenters. The summed E-state index contributed by atoms with van der Waals surface area (Å²) < 4.78 is 16.6. The first-order chi connectivity index (χ1) is 11.2. The van der Waals surface area contributed by atoms with E-state index in [1.54, 1.807) is 6.92 Å². The van der Waals surface area contributed by atoms with Crippen molar-refractivity contribution in [3.05, 3.63) is 65.4 Å². The summed E-state index contributed by atoms with van der Waals surface area (Å²) in [4.78, 5) is 12.0. The summed E-state index contributed by atoms with van der Waals surface area (Å²) in [5.41, 5.74) is 2.44. The monoisotopic (exact) mass is 310 g/mol. The van der Waals surface area contributed by atoms with Crippen LogP contribution in [-0.2, 0) is 11.3 Å². The number of hydrogen-bond acceptors (Lipinski definition) is 4. The van der Waals surface area contributed by atoms with Gasteiger partial charge in [0.1, 0.15) is 17.9 Å². The van der Waals surface area contributed by atoms with Gasteiger partial charge in [0.25, 0.3) is 0 Å². The first-order valence-electron chi connectivity index (χ1n) is 7.56. The molecule has 4 heteroatoms. The summed E-state index contributed by atoms with van der Waals surface area (Å²) >= 11 is 0. The van der Waals surface area contributed by atoms with Crippen molar-refractivity contribution in [1.29, 1.82) is 0 Å². The van der Waals surface area contributed by atoms with Gasteiger partial charge < -0.3 is 13.9 Å². The molecule has 0 N–H and O–H groups in total. The molecule has 0 fully saturated rings. The molecular weight excluding hydrogens is 292 g/mol. The fourth-order valence-electron chi connectivity index (χ4n) is 2.51. The highest BCUT2D eigenvalue weighted by Crippen LogP contribution is 2.33. The summed E-state index contributed by atoms with van der Waals surface area (Å²) in [5.74, 6) is 0.482. The van der Waals surface area contributed by atoms with Crippen LogP contribution in [0.25, 0.3) is 11.0 Å². The van der Waals surface area contributed by atoms with Crippen molar-refractivity contribution in [2.75, 3.05) is 6.61 Å². The Morgan fingerprint density at radius 3 is 2.61 bits per heavy atom. The van der Waals surface area contributed by atoms with E-state index in [0.29, 0.717) is 24.5 Å². The lowest BCUT2D eigenvalue weighted by atomic mass is 10.1. The Kier molecular flexibility index (Phi) is 4.33. The van der Waals surface area contributed by atoms with Crippen molar-refractivity contribution in [1.82, 2.24) is 0 Å². The van der Waals surface area contributed by atoms with Crippen LogP contribution < -0.4 is 4.74 Å². The molecule has 3 aromatic rings. The number of rotatable bonds is 5. The molecule has 2 aromatic carbocycles. The van der Waals surface area contributed by atoms with Gasteiger partial charge in [-0.3, -0.25) is 0 Å². The Bertz CT molecular complexity index is 818. The van der Waals surface area contributed by atoms with Crippen molar-refractivity contribution < 1.29 is 18.7 Å². The van der Waals surface area contributed by atoms with E-state index in [1.807, 2.05) is 55.5 Å². The van der Waals surface area contributed by atoms with Crippen LogP contribution in [0, 0.1) is 6.92 Å². The van der Waals surface area contributed by atoms with Crippen LogP contribution in [0.5, 0.6) is 5.75 Å². The molecule has 0 saturated heterocycles. The number of esters is 1. The average molecular weight is 310 g/mol. The minimum absolute atomic E-state index is 0.234. The van der Waals surface area contributed by atoms with Crippen molar-refractivity contribution in [2.45, 2.75) is 20.5 Å². The average Bonchev–Trinajstić information content (AvgIpc) is 2.92. The Hall–Kier alpha value is -2.75. The van der Waals surface area contributed by atoms with Gasteiger partial charge in [-0.15, -0.1) is 0 Å². The van der Waals surface area contributed by atoms with Crippen molar-refractivity contribution in [3.8, 4) is 5.75 Å². The Labute approximate surface area is 134 Å². The number of aryl methyl sites for hydroxylation is 1. The predicted molar refractivity (Wildman–Crippen MR) is 87.7 cm³/mol. The number of furan rings is 1. The van der Waals surface area contributed by atoms with Crippen LogP contribution in [-0.4, -0.2) is 12.6 Å². The van der Waals surface area contributed by atoms with Crippen LogP contribution >= 0.6 is 0 Å². The van der Waals surface area contributed by atoms with Crippen LogP contribution in [0.15, 0.2) is 52.9 Å². The molecule has 0 saturated carbocycles. The molecule has 1 aromatic heterocycles. The zero-order valence-electron chi connectivity index (χ0n) is 13.2. The molecule has 0 amide bonds. The Morgan fingerprint density at radius 2 is 1.87 bits per heavy atom. The molecule has 3 rings (SSSR count). The number of ether oxygens (including phenoxy) is 2. The number of carbonyl (C=O) groups excluding carboxylic acids is 1. The minimum Gasteiger partial charge on any atom is -0.488 e. The van der Waals surface area contributed by atoms with Crippen molar-refractivity contribution >= 4 is 16.9 Å². The van der Waals surface area contributed by atoms with Gasteiger partial charge >= 0.3 is 5.97 Å². The van der Waals surface area contributed by atoms with Gasteiger partial charge in [0.15, 0.2) is 0 Å². The summed E-state index contributed by atoms with van der Waals surface area (Å²) in [5, 5.41) is 0.812. The molecule has 0 aliphatic heterocycles. The lowest BCUT2D eigenvalue weighted by molar-refractivity contribution is 0.0491. The molecule has 23 heavy (non-hydrogen) atoms. The second-order valence-corrected chi connectivity index (χ2v) is 5.18. The quantitative estimate of drug-likeness (QED) is 0.651. The molecule has 4 nitrogen and oxygen atoms in total.